The van der Waals surface area contributed by atoms with E-state index in [-0.39, 0.29) is 51.2 Å². The van der Waals surface area contributed by atoms with Crippen LogP contribution in [0.3, 0.4) is 0 Å². The molecule has 0 aliphatic carbocycles. The highest BCUT2D eigenvalue weighted by molar-refractivity contribution is 5.81. The lowest BCUT2D eigenvalue weighted by atomic mass is 9.91. The van der Waals surface area contributed by atoms with Crippen LogP contribution in [0.25, 0.3) is 44.7 Å². The van der Waals surface area contributed by atoms with Crippen molar-refractivity contribution >= 4 is 62.4 Å². The summed E-state index contributed by atoms with van der Waals surface area (Å²) in [5.74, 6) is -3.76. The van der Waals surface area contributed by atoms with Gasteiger partial charge in [-0.2, -0.15) is 9.97 Å². The number of aliphatic hydroxyl groups excluding tert-OH is 8. The molecule has 0 spiro atoms. The predicted molar refractivity (Wildman–Crippen MR) is 296 cm³/mol. The number of ether oxygens (including phenoxy) is 4. The van der Waals surface area contributed by atoms with Crippen molar-refractivity contribution < 1.29 is 77.4 Å². The summed E-state index contributed by atoms with van der Waals surface area (Å²) in [6, 6.07) is 0. The van der Waals surface area contributed by atoms with Gasteiger partial charge in [0.05, 0.1) is 133 Å². The number of nitrogens with zero attached hydrogens (tertiary/aromatic N) is 13. The number of nitrogens with two attached hydrogens (primary N) is 3. The summed E-state index contributed by atoms with van der Waals surface area (Å²) in [4.78, 5) is 78.0. The van der Waals surface area contributed by atoms with Crippen LogP contribution in [0.15, 0.2) is 77.7 Å². The summed E-state index contributed by atoms with van der Waals surface area (Å²) in [6.07, 6.45) is 1.43. The number of halogens is 4. The zero-order valence-corrected chi connectivity index (χ0v) is 46.6. The zero-order chi connectivity index (χ0) is 63.9. The van der Waals surface area contributed by atoms with Gasteiger partial charge in [-0.3, -0.25) is 60.2 Å². The fourth-order valence-electron chi connectivity index (χ4n) is 10.9. The Labute approximate surface area is 490 Å². The van der Waals surface area contributed by atoms with Crippen LogP contribution in [0.4, 0.5) is 35.3 Å². The van der Waals surface area contributed by atoms with Crippen LogP contribution in [-0.2, 0) is 18.9 Å². The Morgan fingerprint density at radius 2 is 0.864 bits per heavy atom. The second-order valence-corrected chi connectivity index (χ2v) is 21.4. The van der Waals surface area contributed by atoms with E-state index in [4.69, 9.17) is 36.1 Å². The van der Waals surface area contributed by atoms with Crippen molar-refractivity contribution in [3.05, 3.63) is 94.3 Å². The lowest BCUT2D eigenvalue weighted by molar-refractivity contribution is -0.115. The Kier molecular flexibility index (Phi) is 18.3. The minimum absolute atomic E-state index is 0.00926. The highest BCUT2D eigenvalue weighted by Crippen LogP contribution is 2.46. The highest BCUT2D eigenvalue weighted by Gasteiger charge is 2.57. The van der Waals surface area contributed by atoms with Crippen molar-refractivity contribution in [3.8, 4) is 0 Å². The first kappa shape index (κ1) is 64.2. The molecule has 0 radical (unpaired) electrons. The van der Waals surface area contributed by atoms with E-state index in [0.717, 1.165) is 0 Å². The summed E-state index contributed by atoms with van der Waals surface area (Å²) >= 11 is 0. The summed E-state index contributed by atoms with van der Waals surface area (Å²) in [6.45, 7) is 4.56. The third-order valence-electron chi connectivity index (χ3n) is 16.1. The minimum Gasteiger partial charge on any atom is -0.393 e. The molecule has 0 aromatic carbocycles. The maximum absolute atomic E-state index is 13.5. The van der Waals surface area contributed by atoms with Gasteiger partial charge in [0, 0.05) is 0 Å². The van der Waals surface area contributed by atoms with E-state index in [2.05, 4.69) is 73.0 Å². The molecule has 88 heavy (non-hydrogen) atoms. The number of aromatic nitrogens is 16. The number of imidazole rings is 4. The SMILES string of the molecule is C=C[C@]1(CO)O[C@@H](n2cnc3c(=O)[nH]c(N)nc32)[C@@H](CF)[C@@H]1O.C=C[C@]1(CO)O[C@@H](n2cnc3c(=O)[nH]cnc32)[C@@H](CF)[C@@H]1O.C[C@]1(CO)O[C@@H](n2cnc3c(=O)[nH]c(N)nc32)[C@@H](CF)[C@@H]1O.C[C@]1(CO)O[C@@H](n2cnc3c(N)ncnc32)[C@@H](CF)[C@@H]1O. The number of H-pyrrole nitrogens is 3. The molecule has 12 heterocycles. The second kappa shape index (κ2) is 25.1. The van der Waals surface area contributed by atoms with Crippen LogP contribution in [-0.4, -0.2) is 219 Å². The molecule has 4 saturated heterocycles. The third-order valence-corrected chi connectivity index (χ3v) is 16.1. The average Bonchev–Trinajstić information content (AvgIpc) is 2.58. The molecule has 476 valence electrons. The number of alkyl halides is 4. The summed E-state index contributed by atoms with van der Waals surface area (Å²) in [7, 11) is 0. The summed E-state index contributed by atoms with van der Waals surface area (Å²) < 4.78 is 81.8. The lowest BCUT2D eigenvalue weighted by Crippen LogP contribution is -2.43. The van der Waals surface area contributed by atoms with Gasteiger partial charge in [0.15, 0.2) is 45.0 Å². The number of aromatic amines is 3. The normalized spacial score (nSPS) is 31.8. The molecule has 8 aromatic heterocycles. The smallest absolute Gasteiger partial charge is 0.280 e. The van der Waals surface area contributed by atoms with Crippen LogP contribution in [0.1, 0.15) is 38.8 Å². The molecule has 16 atom stereocenters. The maximum Gasteiger partial charge on any atom is 0.280 e. The molecule has 8 aromatic rings. The lowest BCUT2D eigenvalue weighted by Gasteiger charge is -2.26. The molecule has 4 aliphatic rings. The first-order valence-electron chi connectivity index (χ1n) is 26.6. The Morgan fingerprint density at radius 1 is 0.511 bits per heavy atom. The Hall–Kier alpha value is -8.28. The van der Waals surface area contributed by atoms with Crippen molar-refractivity contribution in [2.45, 2.75) is 85.6 Å². The number of nitrogen functional groups attached to an aromatic ring is 3. The molecule has 4 aliphatic heterocycles. The van der Waals surface area contributed by atoms with Gasteiger partial charge in [0.1, 0.15) is 59.2 Å². The highest BCUT2D eigenvalue weighted by atomic mass is 19.1. The van der Waals surface area contributed by atoms with Crippen molar-refractivity contribution in [2.24, 2.45) is 23.7 Å². The molecule has 0 saturated carbocycles. The number of hydrogen-bond acceptors (Lipinski definition) is 27. The Morgan fingerprint density at radius 3 is 1.24 bits per heavy atom. The summed E-state index contributed by atoms with van der Waals surface area (Å²) in [5.41, 5.74) is 11.0. The first-order valence-corrected chi connectivity index (χ1v) is 26.6. The predicted octanol–water partition coefficient (Wildman–Crippen LogP) is -2.83. The first-order chi connectivity index (χ1) is 42.0. The van der Waals surface area contributed by atoms with Gasteiger partial charge >= 0.3 is 0 Å². The van der Waals surface area contributed by atoms with Gasteiger partial charge in [-0.25, -0.2) is 34.9 Å². The van der Waals surface area contributed by atoms with Gasteiger partial charge in [0.2, 0.25) is 11.9 Å². The van der Waals surface area contributed by atoms with E-state index in [9.17, 15) is 72.8 Å². The van der Waals surface area contributed by atoms with Crippen molar-refractivity contribution in [1.29, 1.82) is 0 Å². The number of hydrogen-bond donors (Lipinski definition) is 14. The van der Waals surface area contributed by atoms with Crippen LogP contribution in [0, 0.1) is 23.7 Å². The van der Waals surface area contributed by atoms with Crippen LogP contribution in [0.2, 0.25) is 0 Å². The van der Waals surface area contributed by atoms with Gasteiger partial charge in [0.25, 0.3) is 16.7 Å². The molecule has 17 N–H and O–H groups in total. The van der Waals surface area contributed by atoms with E-state index < -0.39 is 165 Å². The van der Waals surface area contributed by atoms with Gasteiger partial charge in [-0.15, -0.1) is 13.2 Å². The van der Waals surface area contributed by atoms with E-state index in [0.29, 0.717) is 11.2 Å². The van der Waals surface area contributed by atoms with E-state index in [1.54, 1.807) is 0 Å². The number of aliphatic hydroxyl groups is 8. The van der Waals surface area contributed by atoms with Gasteiger partial charge < -0.3 is 82.0 Å². The molecular weight excluding hydrogens is 1180 g/mol. The Bertz CT molecular complexity index is 4000. The maximum atomic E-state index is 13.5. The second-order valence-electron chi connectivity index (χ2n) is 21.4. The molecule has 0 amide bonds. The zero-order valence-electron chi connectivity index (χ0n) is 46.6. The van der Waals surface area contributed by atoms with Crippen molar-refractivity contribution in [2.75, 3.05) is 70.3 Å². The fourth-order valence-corrected chi connectivity index (χ4v) is 10.9. The third kappa shape index (κ3) is 10.8. The molecule has 0 bridgehead atoms. The van der Waals surface area contributed by atoms with Crippen LogP contribution >= 0.6 is 0 Å². The molecule has 12 rings (SSSR count). The monoisotopic (exact) mass is 1250 g/mol. The number of anilines is 3. The van der Waals surface area contributed by atoms with E-state index in [1.165, 1.54) is 82.2 Å². The van der Waals surface area contributed by atoms with E-state index in [1.807, 2.05) is 0 Å². The van der Waals surface area contributed by atoms with Crippen molar-refractivity contribution in [1.82, 2.24) is 78.1 Å². The number of rotatable bonds is 14. The van der Waals surface area contributed by atoms with Crippen molar-refractivity contribution in [3.63, 3.8) is 0 Å². The minimum atomic E-state index is -1.51. The van der Waals surface area contributed by atoms with Crippen LogP contribution < -0.4 is 33.9 Å². The van der Waals surface area contributed by atoms with Gasteiger partial charge in [-0.1, -0.05) is 12.2 Å². The van der Waals surface area contributed by atoms with Gasteiger partial charge in [-0.05, 0) is 13.8 Å². The molecule has 34 nitrogen and oxygen atoms in total. The molecule has 38 heteroatoms. The Balaban J connectivity index is 0.000000140. The average molecular weight is 1250 g/mol. The fraction of sp³-hybridized carbons (Fsp3) is 0.520. The number of nitrogens with one attached hydrogen (secondary N) is 3. The quantitative estimate of drug-likeness (QED) is 0.0385. The standard InChI is InChI=1S/C13H16FN5O4.C13H15FN4O4.C12H16FN5O4.C12H16FN5O3/c1-2-13(4-20)8(21)6(3-14)11(23-13)19-5-16-7-9(19)17-12(15)18-10(7)22;1-2-13(4-19)9(20)7(3-14)12(22-13)18-6-17-8-10(18)15-5-16-11(8)21;1-12(3-19)7(20)5(2-13)10(22-12)18-4-15-6-8(18)16-11(14)17-9(6)21;1-12(3-19)8(20)6(2-13)11(21-12)18-5-17-7-9(14)15-4-16-10(7)18/h2,5-6,8,11,20-21H,1,3-4H2,(H3,15,17,18,22);2,5-7,9,12,19-20H,1,3-4H2,(H,15,16,21);4-5,7,10,19-20H,2-3H2,1H3,(H3,14,16,17,21);4-6,8,11,19-20H,2-3H2,1H3,(H2,14,15,16)/t6-,8-,11+,13+;7-,9-,12+,13+;5-,7-,10+,12+;6-,8-,11+,12+/m0000/s1. The van der Waals surface area contributed by atoms with Crippen LogP contribution in [0.5, 0.6) is 0 Å². The van der Waals surface area contributed by atoms with E-state index >= 15 is 0 Å². The number of fused-ring (bicyclic) bond motifs is 4. The topological polar surface area (TPSA) is 511 Å². The summed E-state index contributed by atoms with van der Waals surface area (Å²) in [5, 5.41) is 78.8. The molecular formula is C50H63F4N19O15. The largest absolute Gasteiger partial charge is 0.393 e. The molecule has 0 unspecified atom stereocenters. The molecule has 4 fully saturated rings.